The molecule has 0 aliphatic heterocycles. The number of rotatable bonds is 3. The standard InChI is InChI=1S/C12H12ClFN2O/c1-2-16-11(5-6-15-16)12(17)8-3-4-10(14)9(13)7-8/h3-7,12,17H,2H2,1H3. The highest BCUT2D eigenvalue weighted by Gasteiger charge is 2.15. The van der Waals surface area contributed by atoms with Crippen molar-refractivity contribution >= 4 is 11.6 Å². The van der Waals surface area contributed by atoms with Crippen molar-refractivity contribution in [1.82, 2.24) is 9.78 Å². The second kappa shape index (κ2) is 4.85. The van der Waals surface area contributed by atoms with Crippen molar-refractivity contribution in [3.8, 4) is 0 Å². The van der Waals surface area contributed by atoms with Gasteiger partial charge in [-0.2, -0.15) is 5.10 Å². The molecule has 2 rings (SSSR count). The number of benzene rings is 1. The lowest BCUT2D eigenvalue weighted by atomic mass is 10.1. The second-order valence-corrected chi connectivity index (χ2v) is 4.06. The maximum Gasteiger partial charge on any atom is 0.141 e. The molecule has 1 aromatic carbocycles. The molecule has 0 aliphatic carbocycles. The number of aliphatic hydroxyl groups excluding tert-OH is 1. The lowest BCUT2D eigenvalue weighted by Gasteiger charge is -2.13. The Hall–Kier alpha value is -1.39. The molecule has 0 amide bonds. The lowest BCUT2D eigenvalue weighted by molar-refractivity contribution is 0.208. The van der Waals surface area contributed by atoms with Crippen LogP contribution in [-0.4, -0.2) is 14.9 Å². The molecule has 0 spiro atoms. The Labute approximate surface area is 103 Å². The van der Waals surface area contributed by atoms with Gasteiger partial charge >= 0.3 is 0 Å². The predicted molar refractivity (Wildman–Crippen MR) is 63.4 cm³/mol. The zero-order chi connectivity index (χ0) is 12.4. The van der Waals surface area contributed by atoms with Gasteiger partial charge in [0.25, 0.3) is 0 Å². The molecule has 0 saturated heterocycles. The molecule has 0 fully saturated rings. The second-order valence-electron chi connectivity index (χ2n) is 3.65. The van der Waals surface area contributed by atoms with Crippen LogP contribution in [0.15, 0.2) is 30.5 Å². The predicted octanol–water partition coefficient (Wildman–Crippen LogP) is 2.78. The maximum atomic E-state index is 13.0. The molecule has 0 aliphatic rings. The van der Waals surface area contributed by atoms with Crippen molar-refractivity contribution in [2.45, 2.75) is 19.6 Å². The van der Waals surface area contributed by atoms with Crippen molar-refractivity contribution in [1.29, 1.82) is 0 Å². The first-order valence-corrected chi connectivity index (χ1v) is 5.66. The molecule has 1 atom stereocenters. The highest BCUT2D eigenvalue weighted by molar-refractivity contribution is 6.30. The topological polar surface area (TPSA) is 38.0 Å². The summed E-state index contributed by atoms with van der Waals surface area (Å²) in [6.07, 6.45) is 0.767. The van der Waals surface area contributed by atoms with Crippen LogP contribution in [0, 0.1) is 5.82 Å². The minimum Gasteiger partial charge on any atom is -0.382 e. The number of hydrogen-bond acceptors (Lipinski definition) is 2. The smallest absolute Gasteiger partial charge is 0.141 e. The molecule has 1 heterocycles. The highest BCUT2D eigenvalue weighted by Crippen LogP contribution is 2.25. The van der Waals surface area contributed by atoms with Gasteiger partial charge in [-0.1, -0.05) is 17.7 Å². The number of nitrogens with zero attached hydrogens (tertiary/aromatic N) is 2. The van der Waals surface area contributed by atoms with E-state index in [-0.39, 0.29) is 5.02 Å². The summed E-state index contributed by atoms with van der Waals surface area (Å²) in [7, 11) is 0. The summed E-state index contributed by atoms with van der Waals surface area (Å²) in [5, 5.41) is 14.2. The van der Waals surface area contributed by atoms with Gasteiger partial charge in [-0.05, 0) is 30.7 Å². The van der Waals surface area contributed by atoms with E-state index in [0.29, 0.717) is 17.8 Å². The van der Waals surface area contributed by atoms with Crippen LogP contribution in [0.3, 0.4) is 0 Å². The first-order chi connectivity index (χ1) is 8.13. The average molecular weight is 255 g/mol. The van der Waals surface area contributed by atoms with Crippen molar-refractivity contribution in [2.75, 3.05) is 0 Å². The van der Waals surface area contributed by atoms with Gasteiger partial charge in [0.2, 0.25) is 0 Å². The zero-order valence-corrected chi connectivity index (χ0v) is 10.0. The van der Waals surface area contributed by atoms with E-state index in [1.807, 2.05) is 6.92 Å². The van der Waals surface area contributed by atoms with Gasteiger partial charge in [-0.25, -0.2) is 4.39 Å². The molecule has 0 saturated carbocycles. The summed E-state index contributed by atoms with van der Waals surface area (Å²) in [6.45, 7) is 2.59. The normalized spacial score (nSPS) is 12.7. The number of halogens is 2. The van der Waals surface area contributed by atoms with Crippen LogP contribution in [0.2, 0.25) is 5.02 Å². The monoisotopic (exact) mass is 254 g/mol. The molecule has 5 heteroatoms. The third-order valence-electron chi connectivity index (χ3n) is 2.59. The van der Waals surface area contributed by atoms with E-state index in [4.69, 9.17) is 11.6 Å². The molecule has 1 aromatic heterocycles. The first-order valence-electron chi connectivity index (χ1n) is 5.28. The first kappa shape index (κ1) is 12.1. The van der Waals surface area contributed by atoms with Gasteiger partial charge in [0.05, 0.1) is 10.7 Å². The Morgan fingerprint density at radius 2 is 2.24 bits per heavy atom. The fourth-order valence-electron chi connectivity index (χ4n) is 1.69. The molecule has 0 bridgehead atoms. The Kier molecular flexibility index (Phi) is 3.45. The van der Waals surface area contributed by atoms with E-state index in [9.17, 15) is 9.50 Å². The van der Waals surface area contributed by atoms with Crippen LogP contribution in [0.5, 0.6) is 0 Å². The Balaban J connectivity index is 2.36. The third-order valence-corrected chi connectivity index (χ3v) is 2.88. The highest BCUT2D eigenvalue weighted by atomic mass is 35.5. The summed E-state index contributed by atoms with van der Waals surface area (Å²) < 4.78 is 14.7. The molecule has 17 heavy (non-hydrogen) atoms. The zero-order valence-electron chi connectivity index (χ0n) is 9.27. The van der Waals surface area contributed by atoms with E-state index in [0.717, 1.165) is 0 Å². The minimum atomic E-state index is -0.851. The van der Waals surface area contributed by atoms with Gasteiger partial charge in [0, 0.05) is 12.7 Å². The van der Waals surface area contributed by atoms with E-state index >= 15 is 0 Å². The maximum absolute atomic E-state index is 13.0. The molecular formula is C12H12ClFN2O. The van der Waals surface area contributed by atoms with Crippen molar-refractivity contribution in [2.24, 2.45) is 0 Å². The Morgan fingerprint density at radius 3 is 2.88 bits per heavy atom. The van der Waals surface area contributed by atoms with E-state index in [1.54, 1.807) is 16.9 Å². The van der Waals surface area contributed by atoms with E-state index in [1.165, 1.54) is 18.2 Å². The number of aryl methyl sites for hydroxylation is 1. The third kappa shape index (κ3) is 2.33. The van der Waals surface area contributed by atoms with Crippen molar-refractivity contribution in [3.05, 3.63) is 52.6 Å². The summed E-state index contributed by atoms with van der Waals surface area (Å²) >= 11 is 5.68. The number of aliphatic hydroxyl groups is 1. The number of aromatic nitrogens is 2. The SMILES string of the molecule is CCn1nccc1C(O)c1ccc(F)c(Cl)c1. The van der Waals surface area contributed by atoms with Crippen LogP contribution in [0.1, 0.15) is 24.3 Å². The summed E-state index contributed by atoms with van der Waals surface area (Å²) in [6, 6.07) is 5.91. The molecule has 1 N–H and O–H groups in total. The largest absolute Gasteiger partial charge is 0.382 e. The molecule has 2 aromatic rings. The van der Waals surface area contributed by atoms with Crippen LogP contribution >= 0.6 is 11.6 Å². The fourth-order valence-corrected chi connectivity index (χ4v) is 1.88. The average Bonchev–Trinajstić information content (AvgIpc) is 2.80. The molecule has 3 nitrogen and oxygen atoms in total. The van der Waals surface area contributed by atoms with Crippen molar-refractivity contribution in [3.63, 3.8) is 0 Å². The van der Waals surface area contributed by atoms with Gasteiger partial charge in [-0.15, -0.1) is 0 Å². The molecule has 90 valence electrons. The fraction of sp³-hybridized carbons (Fsp3) is 0.250. The quantitative estimate of drug-likeness (QED) is 0.915. The van der Waals surface area contributed by atoms with E-state index in [2.05, 4.69) is 5.10 Å². The van der Waals surface area contributed by atoms with Gasteiger partial charge in [0.15, 0.2) is 0 Å². The summed E-state index contributed by atoms with van der Waals surface area (Å²) in [5.74, 6) is -0.494. The van der Waals surface area contributed by atoms with Crippen LogP contribution in [-0.2, 0) is 6.54 Å². The molecular weight excluding hydrogens is 243 g/mol. The molecule has 1 unspecified atom stereocenters. The molecule has 0 radical (unpaired) electrons. The lowest BCUT2D eigenvalue weighted by Crippen LogP contribution is -2.09. The van der Waals surface area contributed by atoms with Gasteiger partial charge < -0.3 is 5.11 Å². The Bertz CT molecular complexity index is 527. The summed E-state index contributed by atoms with van der Waals surface area (Å²) in [5.41, 5.74) is 1.21. The Morgan fingerprint density at radius 1 is 1.47 bits per heavy atom. The van der Waals surface area contributed by atoms with Crippen LogP contribution in [0.4, 0.5) is 4.39 Å². The van der Waals surface area contributed by atoms with Crippen LogP contribution < -0.4 is 0 Å². The minimum absolute atomic E-state index is 0.00381. The van der Waals surface area contributed by atoms with Gasteiger partial charge in [-0.3, -0.25) is 4.68 Å². The van der Waals surface area contributed by atoms with Gasteiger partial charge in [0.1, 0.15) is 11.9 Å². The van der Waals surface area contributed by atoms with E-state index < -0.39 is 11.9 Å². The number of hydrogen-bond donors (Lipinski definition) is 1. The summed E-state index contributed by atoms with van der Waals surface area (Å²) in [4.78, 5) is 0. The van der Waals surface area contributed by atoms with Crippen LogP contribution in [0.25, 0.3) is 0 Å². The van der Waals surface area contributed by atoms with Crippen molar-refractivity contribution < 1.29 is 9.50 Å².